The minimum Gasteiger partial charge on any atom is -0.370 e. The highest BCUT2D eigenvalue weighted by atomic mass is 16.1. The van der Waals surface area contributed by atoms with Crippen molar-refractivity contribution in [2.24, 2.45) is 11.7 Å². The minimum atomic E-state index is -0.181. The van der Waals surface area contributed by atoms with Crippen LogP contribution in [0.5, 0.6) is 0 Å². The van der Waals surface area contributed by atoms with Gasteiger partial charge in [0.05, 0.1) is 0 Å². The van der Waals surface area contributed by atoms with Crippen molar-refractivity contribution in [3.63, 3.8) is 0 Å². The second-order valence-corrected chi connectivity index (χ2v) is 4.66. The van der Waals surface area contributed by atoms with E-state index < -0.39 is 0 Å². The topological polar surface area (TPSA) is 55.1 Å². The summed E-state index contributed by atoms with van der Waals surface area (Å²) in [4.78, 5) is 11.0. The van der Waals surface area contributed by atoms with Crippen LogP contribution in [0.15, 0.2) is 0 Å². The van der Waals surface area contributed by atoms with Crippen molar-refractivity contribution in [3.05, 3.63) is 0 Å². The van der Waals surface area contributed by atoms with Gasteiger partial charge >= 0.3 is 0 Å². The lowest BCUT2D eigenvalue weighted by Crippen LogP contribution is -2.50. The number of hydrogen-bond acceptors (Lipinski definition) is 2. The third-order valence-electron chi connectivity index (χ3n) is 3.16. The number of rotatable bonds is 4. The van der Waals surface area contributed by atoms with Gasteiger partial charge < -0.3 is 11.1 Å². The van der Waals surface area contributed by atoms with Crippen LogP contribution in [-0.2, 0) is 4.79 Å². The summed E-state index contributed by atoms with van der Waals surface area (Å²) in [6.07, 6.45) is 5.16. The number of primary amides is 1. The van der Waals surface area contributed by atoms with Gasteiger partial charge in [-0.25, -0.2) is 0 Å². The molecule has 1 amide bonds. The van der Waals surface area contributed by atoms with Gasteiger partial charge in [-0.05, 0) is 25.3 Å². The normalized spacial score (nSPS) is 32.9. The van der Waals surface area contributed by atoms with Crippen LogP contribution < -0.4 is 11.1 Å². The van der Waals surface area contributed by atoms with Crippen molar-refractivity contribution in [2.75, 3.05) is 6.54 Å². The van der Waals surface area contributed by atoms with Crippen molar-refractivity contribution in [2.45, 2.75) is 51.5 Å². The Bertz CT molecular complexity index is 201. The monoisotopic (exact) mass is 198 g/mol. The Morgan fingerprint density at radius 3 is 2.86 bits per heavy atom. The van der Waals surface area contributed by atoms with Gasteiger partial charge in [0, 0.05) is 12.0 Å². The SMILES string of the molecule is CCNC1(CC(N)=O)CCCC(C)C1. The van der Waals surface area contributed by atoms with Gasteiger partial charge in [-0.3, -0.25) is 4.79 Å². The molecular weight excluding hydrogens is 176 g/mol. The number of carbonyl (C=O) groups is 1. The molecule has 0 saturated heterocycles. The van der Waals surface area contributed by atoms with Crippen LogP contribution in [0.25, 0.3) is 0 Å². The van der Waals surface area contributed by atoms with E-state index >= 15 is 0 Å². The quantitative estimate of drug-likeness (QED) is 0.718. The average molecular weight is 198 g/mol. The molecule has 0 aromatic rings. The maximum atomic E-state index is 11.0. The Hall–Kier alpha value is -0.570. The van der Waals surface area contributed by atoms with E-state index in [2.05, 4.69) is 19.2 Å². The van der Waals surface area contributed by atoms with Crippen LogP contribution >= 0.6 is 0 Å². The zero-order chi connectivity index (χ0) is 10.6. The lowest BCUT2D eigenvalue weighted by Gasteiger charge is -2.40. The molecular formula is C11H22N2O. The molecule has 1 aliphatic carbocycles. The Labute approximate surface area is 86.4 Å². The van der Waals surface area contributed by atoms with Gasteiger partial charge in [-0.2, -0.15) is 0 Å². The average Bonchev–Trinajstić information content (AvgIpc) is 2.02. The lowest BCUT2D eigenvalue weighted by atomic mass is 9.74. The van der Waals surface area contributed by atoms with Gasteiger partial charge in [-0.15, -0.1) is 0 Å². The van der Waals surface area contributed by atoms with Gasteiger partial charge in [0.2, 0.25) is 5.91 Å². The van der Waals surface area contributed by atoms with E-state index in [0.717, 1.165) is 19.4 Å². The van der Waals surface area contributed by atoms with Crippen LogP contribution in [0.3, 0.4) is 0 Å². The highest BCUT2D eigenvalue weighted by molar-refractivity contribution is 5.75. The number of carbonyl (C=O) groups excluding carboxylic acids is 1. The van der Waals surface area contributed by atoms with Crippen LogP contribution in [0, 0.1) is 5.92 Å². The first kappa shape index (κ1) is 11.5. The molecule has 0 bridgehead atoms. The van der Waals surface area contributed by atoms with E-state index in [1.807, 2.05) is 0 Å². The summed E-state index contributed by atoms with van der Waals surface area (Å²) >= 11 is 0. The van der Waals surface area contributed by atoms with E-state index in [0.29, 0.717) is 12.3 Å². The number of amides is 1. The summed E-state index contributed by atoms with van der Waals surface area (Å²) in [5, 5.41) is 3.46. The van der Waals surface area contributed by atoms with Gasteiger partial charge in [-0.1, -0.05) is 26.7 Å². The molecule has 3 nitrogen and oxygen atoms in total. The van der Waals surface area contributed by atoms with Crippen molar-refractivity contribution in [1.82, 2.24) is 5.32 Å². The summed E-state index contributed by atoms with van der Waals surface area (Å²) < 4.78 is 0. The van der Waals surface area contributed by atoms with Crippen LogP contribution in [0.2, 0.25) is 0 Å². The van der Waals surface area contributed by atoms with E-state index in [-0.39, 0.29) is 11.4 Å². The molecule has 0 aliphatic heterocycles. The molecule has 1 saturated carbocycles. The van der Waals surface area contributed by atoms with Gasteiger partial charge in [0.25, 0.3) is 0 Å². The zero-order valence-corrected chi connectivity index (χ0v) is 9.31. The predicted molar refractivity (Wildman–Crippen MR) is 57.9 cm³/mol. The lowest BCUT2D eigenvalue weighted by molar-refractivity contribution is -0.120. The van der Waals surface area contributed by atoms with E-state index in [4.69, 9.17) is 5.73 Å². The molecule has 0 radical (unpaired) electrons. The maximum Gasteiger partial charge on any atom is 0.219 e. The van der Waals surface area contributed by atoms with Gasteiger partial charge in [0.1, 0.15) is 0 Å². The number of hydrogen-bond donors (Lipinski definition) is 2. The molecule has 82 valence electrons. The summed E-state index contributed by atoms with van der Waals surface area (Å²) in [5.74, 6) is 0.530. The molecule has 0 aromatic heterocycles. The van der Waals surface area contributed by atoms with Crippen molar-refractivity contribution in [3.8, 4) is 0 Å². The molecule has 0 aromatic carbocycles. The Kier molecular flexibility index (Phi) is 3.93. The standard InChI is InChI=1S/C11H22N2O/c1-3-13-11(8-10(12)14)6-4-5-9(2)7-11/h9,13H,3-8H2,1-2H3,(H2,12,14). The summed E-state index contributed by atoms with van der Waals surface area (Å²) in [5.41, 5.74) is 5.30. The van der Waals surface area contributed by atoms with Crippen LogP contribution in [0.1, 0.15) is 46.0 Å². The zero-order valence-electron chi connectivity index (χ0n) is 9.31. The molecule has 14 heavy (non-hydrogen) atoms. The first-order valence-electron chi connectivity index (χ1n) is 5.61. The van der Waals surface area contributed by atoms with E-state index in [1.165, 1.54) is 12.8 Å². The van der Waals surface area contributed by atoms with E-state index in [1.54, 1.807) is 0 Å². The Morgan fingerprint density at radius 1 is 1.64 bits per heavy atom. The summed E-state index contributed by atoms with van der Waals surface area (Å²) in [6, 6.07) is 0. The van der Waals surface area contributed by atoms with Crippen molar-refractivity contribution in [1.29, 1.82) is 0 Å². The molecule has 3 heteroatoms. The molecule has 0 spiro atoms. The third kappa shape index (κ3) is 2.98. The molecule has 3 N–H and O–H groups in total. The smallest absolute Gasteiger partial charge is 0.219 e. The predicted octanol–water partition coefficient (Wildman–Crippen LogP) is 1.42. The molecule has 1 aliphatic rings. The summed E-state index contributed by atoms with van der Waals surface area (Å²) in [7, 11) is 0. The number of nitrogens with two attached hydrogens (primary N) is 1. The highest BCUT2D eigenvalue weighted by Crippen LogP contribution is 2.34. The Balaban J connectivity index is 2.64. The second-order valence-electron chi connectivity index (χ2n) is 4.66. The first-order chi connectivity index (χ1) is 6.58. The molecule has 2 unspecified atom stereocenters. The Morgan fingerprint density at radius 2 is 2.36 bits per heavy atom. The van der Waals surface area contributed by atoms with Crippen molar-refractivity contribution >= 4 is 5.91 Å². The highest BCUT2D eigenvalue weighted by Gasteiger charge is 2.35. The summed E-state index contributed by atoms with van der Waals surface area (Å²) in [6.45, 7) is 5.26. The molecule has 1 fully saturated rings. The van der Waals surface area contributed by atoms with E-state index in [9.17, 15) is 4.79 Å². The fourth-order valence-corrected chi connectivity index (χ4v) is 2.75. The fraction of sp³-hybridized carbons (Fsp3) is 0.909. The fourth-order valence-electron chi connectivity index (χ4n) is 2.75. The number of nitrogens with one attached hydrogen (secondary N) is 1. The molecule has 1 rings (SSSR count). The maximum absolute atomic E-state index is 11.0. The third-order valence-corrected chi connectivity index (χ3v) is 3.16. The minimum absolute atomic E-state index is 0.00174. The second kappa shape index (κ2) is 4.78. The van der Waals surface area contributed by atoms with Crippen LogP contribution in [-0.4, -0.2) is 18.0 Å². The van der Waals surface area contributed by atoms with Crippen LogP contribution in [0.4, 0.5) is 0 Å². The molecule has 2 atom stereocenters. The first-order valence-corrected chi connectivity index (χ1v) is 5.61. The molecule has 0 heterocycles. The van der Waals surface area contributed by atoms with Crippen molar-refractivity contribution < 1.29 is 4.79 Å². The largest absolute Gasteiger partial charge is 0.370 e. The van der Waals surface area contributed by atoms with Gasteiger partial charge in [0.15, 0.2) is 0 Å².